The molecule has 0 bridgehead atoms. The number of ether oxygens (including phenoxy) is 1. The predicted octanol–water partition coefficient (Wildman–Crippen LogP) is 2.23. The quantitative estimate of drug-likeness (QED) is 0.445. The zero-order chi connectivity index (χ0) is 20.8. The molecule has 8 heteroatoms. The monoisotopic (exact) mass is 403 g/mol. The van der Waals surface area contributed by atoms with Crippen molar-refractivity contribution < 1.29 is 9.53 Å². The van der Waals surface area contributed by atoms with E-state index < -0.39 is 5.91 Å². The van der Waals surface area contributed by atoms with E-state index in [0.717, 1.165) is 38.0 Å². The number of aromatic amines is 2. The van der Waals surface area contributed by atoms with E-state index in [9.17, 15) is 9.59 Å². The summed E-state index contributed by atoms with van der Waals surface area (Å²) < 4.78 is 7.17. The third kappa shape index (κ3) is 2.86. The SMILES string of the molecule is Cc1ccc(=O)c2nc3c(C(N)=O)c4[nH]cc(C#CCC5CCOCC5)[nH]c4n3c12. The summed E-state index contributed by atoms with van der Waals surface area (Å²) in [4.78, 5) is 35.4. The molecule has 1 saturated heterocycles. The molecule has 5 rings (SSSR count). The summed E-state index contributed by atoms with van der Waals surface area (Å²) in [5, 5.41) is 0. The highest BCUT2D eigenvalue weighted by molar-refractivity contribution is 6.12. The van der Waals surface area contributed by atoms with E-state index in [2.05, 4.69) is 26.8 Å². The lowest BCUT2D eigenvalue weighted by molar-refractivity contribution is 0.0678. The number of primary amides is 1. The number of aromatic nitrogens is 4. The Balaban J connectivity index is 1.69. The minimum absolute atomic E-state index is 0.195. The van der Waals surface area contributed by atoms with Gasteiger partial charge in [-0.3, -0.25) is 14.0 Å². The van der Waals surface area contributed by atoms with Gasteiger partial charge in [-0.1, -0.05) is 12.0 Å². The van der Waals surface area contributed by atoms with Gasteiger partial charge in [-0.25, -0.2) is 4.98 Å². The zero-order valence-electron chi connectivity index (χ0n) is 16.5. The number of carbonyl (C=O) groups is 1. The topological polar surface area (TPSA) is 118 Å². The molecule has 0 radical (unpaired) electrons. The van der Waals surface area contributed by atoms with Gasteiger partial charge in [0.05, 0.1) is 11.0 Å². The number of aryl methyl sites for hydroxylation is 1. The van der Waals surface area contributed by atoms with Crippen molar-refractivity contribution in [1.29, 1.82) is 0 Å². The van der Waals surface area contributed by atoms with E-state index in [1.807, 2.05) is 6.92 Å². The van der Waals surface area contributed by atoms with Gasteiger partial charge in [0.2, 0.25) is 5.43 Å². The first-order chi connectivity index (χ1) is 14.5. The van der Waals surface area contributed by atoms with Gasteiger partial charge < -0.3 is 20.4 Å². The molecule has 4 aromatic rings. The number of rotatable bonds is 2. The molecule has 0 atom stereocenters. The van der Waals surface area contributed by atoms with Gasteiger partial charge in [-0.15, -0.1) is 0 Å². The molecule has 4 N–H and O–H groups in total. The van der Waals surface area contributed by atoms with Gasteiger partial charge >= 0.3 is 0 Å². The van der Waals surface area contributed by atoms with Crippen LogP contribution >= 0.6 is 0 Å². The number of H-pyrrole nitrogens is 2. The van der Waals surface area contributed by atoms with Crippen LogP contribution in [0.3, 0.4) is 0 Å². The molecule has 4 heterocycles. The molecule has 152 valence electrons. The van der Waals surface area contributed by atoms with Crippen molar-refractivity contribution in [3.8, 4) is 11.8 Å². The minimum Gasteiger partial charge on any atom is -0.381 e. The Kier molecular flexibility index (Phi) is 4.33. The Bertz CT molecular complexity index is 1420. The second-order valence-corrected chi connectivity index (χ2v) is 7.70. The van der Waals surface area contributed by atoms with E-state index in [0.29, 0.717) is 39.5 Å². The fourth-order valence-corrected chi connectivity index (χ4v) is 4.15. The van der Waals surface area contributed by atoms with Crippen LogP contribution in [0.1, 0.15) is 40.9 Å². The van der Waals surface area contributed by atoms with Gasteiger partial charge in [-0.2, -0.15) is 0 Å². The number of hydrogen-bond donors (Lipinski definition) is 3. The lowest BCUT2D eigenvalue weighted by atomic mass is 9.97. The molecule has 0 saturated carbocycles. The summed E-state index contributed by atoms with van der Waals surface area (Å²) in [6.45, 7) is 3.50. The highest BCUT2D eigenvalue weighted by Gasteiger charge is 2.23. The third-order valence-electron chi connectivity index (χ3n) is 5.72. The van der Waals surface area contributed by atoms with Crippen molar-refractivity contribution in [2.75, 3.05) is 13.2 Å². The van der Waals surface area contributed by atoms with Crippen LogP contribution in [0.25, 0.3) is 27.8 Å². The highest BCUT2D eigenvalue weighted by atomic mass is 16.5. The van der Waals surface area contributed by atoms with Crippen LogP contribution < -0.4 is 11.2 Å². The van der Waals surface area contributed by atoms with Crippen molar-refractivity contribution in [2.24, 2.45) is 11.7 Å². The zero-order valence-corrected chi connectivity index (χ0v) is 16.5. The molecule has 1 aromatic carbocycles. The Labute approximate surface area is 171 Å². The Morgan fingerprint density at radius 2 is 2.17 bits per heavy atom. The summed E-state index contributed by atoms with van der Waals surface area (Å²) in [6.07, 6.45) is 4.60. The molecule has 1 aliphatic heterocycles. The Hall–Kier alpha value is -3.57. The summed E-state index contributed by atoms with van der Waals surface area (Å²) in [7, 11) is 0. The molecule has 0 aliphatic carbocycles. The molecule has 1 aliphatic rings. The lowest BCUT2D eigenvalue weighted by Crippen LogP contribution is -2.14. The molecule has 30 heavy (non-hydrogen) atoms. The second kappa shape index (κ2) is 7.04. The fraction of sp³-hybridized carbons (Fsp3) is 0.318. The first-order valence-corrected chi connectivity index (χ1v) is 9.96. The van der Waals surface area contributed by atoms with Crippen LogP contribution in [0.5, 0.6) is 0 Å². The molecular formula is C22H21N5O3. The van der Waals surface area contributed by atoms with E-state index in [1.165, 1.54) is 6.07 Å². The molecule has 1 amide bonds. The van der Waals surface area contributed by atoms with Crippen LogP contribution in [0.2, 0.25) is 0 Å². The van der Waals surface area contributed by atoms with E-state index >= 15 is 0 Å². The second-order valence-electron chi connectivity index (χ2n) is 7.70. The van der Waals surface area contributed by atoms with E-state index in [1.54, 1.807) is 16.7 Å². The van der Waals surface area contributed by atoms with Gasteiger partial charge in [0.15, 0.2) is 5.65 Å². The van der Waals surface area contributed by atoms with Crippen LogP contribution in [0, 0.1) is 24.7 Å². The number of imidazole rings is 1. The smallest absolute Gasteiger partial charge is 0.254 e. The number of hydrogen-bond acceptors (Lipinski definition) is 4. The van der Waals surface area contributed by atoms with Crippen LogP contribution in [0.4, 0.5) is 0 Å². The standard InChI is InChI=1S/C22H21N5O3/c1-12-5-6-15(28)17-19(12)27-21(26-17)16(20(23)29)18-22(27)25-14(11-24-18)4-2-3-13-7-9-30-10-8-13/h5-6,11,13,24-25H,3,7-10H2,1H3,(H2,23,29). The van der Waals surface area contributed by atoms with Crippen molar-refractivity contribution in [1.82, 2.24) is 19.4 Å². The number of fused-ring (bicyclic) bond motifs is 5. The number of carbonyl (C=O) groups excluding carboxylic acids is 1. The Morgan fingerprint density at radius 1 is 1.37 bits per heavy atom. The summed E-state index contributed by atoms with van der Waals surface area (Å²) in [5.74, 6) is 6.35. The van der Waals surface area contributed by atoms with Crippen LogP contribution in [-0.2, 0) is 4.74 Å². The third-order valence-corrected chi connectivity index (χ3v) is 5.72. The lowest BCUT2D eigenvalue weighted by Gasteiger charge is -2.19. The van der Waals surface area contributed by atoms with Crippen LogP contribution in [-0.4, -0.2) is 38.5 Å². The Morgan fingerprint density at radius 3 is 2.93 bits per heavy atom. The van der Waals surface area contributed by atoms with E-state index in [4.69, 9.17) is 10.5 Å². The maximum absolute atomic E-state index is 12.3. The van der Waals surface area contributed by atoms with Crippen molar-refractivity contribution in [3.63, 3.8) is 0 Å². The number of amides is 1. The largest absolute Gasteiger partial charge is 0.381 e. The first-order valence-electron chi connectivity index (χ1n) is 9.96. The van der Waals surface area contributed by atoms with Crippen molar-refractivity contribution in [3.05, 3.63) is 45.4 Å². The van der Waals surface area contributed by atoms with Gasteiger partial charge in [0.25, 0.3) is 5.91 Å². The summed E-state index contributed by atoms with van der Waals surface area (Å²) in [6, 6.07) is 3.24. The normalized spacial score (nSPS) is 15.0. The fourth-order valence-electron chi connectivity index (χ4n) is 4.15. The summed E-state index contributed by atoms with van der Waals surface area (Å²) >= 11 is 0. The number of nitrogens with one attached hydrogen (secondary N) is 2. The van der Waals surface area contributed by atoms with Gasteiger partial charge in [-0.05, 0) is 43.2 Å². The maximum atomic E-state index is 12.3. The molecule has 0 unspecified atom stereocenters. The molecular weight excluding hydrogens is 382 g/mol. The van der Waals surface area contributed by atoms with Gasteiger partial charge in [0.1, 0.15) is 22.4 Å². The maximum Gasteiger partial charge on any atom is 0.254 e. The number of benzene rings is 1. The average Bonchev–Trinajstić information content (AvgIpc) is 3.27. The van der Waals surface area contributed by atoms with Crippen molar-refractivity contribution in [2.45, 2.75) is 26.2 Å². The molecule has 8 nitrogen and oxygen atoms in total. The minimum atomic E-state index is -0.613. The average molecular weight is 403 g/mol. The highest BCUT2D eigenvalue weighted by Crippen LogP contribution is 2.28. The number of nitrogens with two attached hydrogens (primary N) is 1. The predicted molar refractivity (Wildman–Crippen MR) is 113 cm³/mol. The van der Waals surface area contributed by atoms with E-state index in [-0.39, 0.29) is 11.0 Å². The molecule has 1 fully saturated rings. The molecule has 3 aromatic heterocycles. The van der Waals surface area contributed by atoms with Crippen molar-refractivity contribution >= 4 is 33.8 Å². The van der Waals surface area contributed by atoms with Gasteiger partial charge in [0, 0.05) is 25.8 Å². The first kappa shape index (κ1) is 18.5. The summed E-state index contributed by atoms with van der Waals surface area (Å²) in [5.41, 5.74) is 9.74. The molecule has 0 spiro atoms. The van der Waals surface area contributed by atoms with Crippen LogP contribution in [0.15, 0.2) is 23.1 Å². The number of nitrogens with zero attached hydrogens (tertiary/aromatic N) is 2.